The molecular formula is C9H15FN2Si. The molecule has 0 heterocycles. The molecule has 72 valence electrons. The molecule has 0 spiro atoms. The van der Waals surface area contributed by atoms with Gasteiger partial charge in [-0.1, -0.05) is 0 Å². The van der Waals surface area contributed by atoms with Crippen LogP contribution < -0.4 is 0 Å². The van der Waals surface area contributed by atoms with E-state index in [1.54, 1.807) is 13.1 Å². The molecule has 0 aliphatic heterocycles. The summed E-state index contributed by atoms with van der Waals surface area (Å²) in [6, 6.07) is 4.52. The van der Waals surface area contributed by atoms with Crippen LogP contribution in [0.4, 0.5) is 4.11 Å². The molecule has 0 saturated carbocycles. The zero-order valence-electron chi connectivity index (χ0n) is 8.18. The van der Waals surface area contributed by atoms with Crippen molar-refractivity contribution in [3.8, 4) is 12.1 Å². The molecule has 0 aliphatic carbocycles. The summed E-state index contributed by atoms with van der Waals surface area (Å²) in [6.07, 6.45) is 1.83. The van der Waals surface area contributed by atoms with Gasteiger partial charge in [-0.25, -0.2) is 0 Å². The van der Waals surface area contributed by atoms with Gasteiger partial charge in [0.15, 0.2) is 0 Å². The highest BCUT2D eigenvalue weighted by atomic mass is 28.4. The summed E-state index contributed by atoms with van der Waals surface area (Å²) < 4.78 is 13.3. The van der Waals surface area contributed by atoms with E-state index in [4.69, 9.17) is 10.5 Å². The lowest BCUT2D eigenvalue weighted by Crippen LogP contribution is -2.21. The Morgan fingerprint density at radius 1 is 1.38 bits per heavy atom. The van der Waals surface area contributed by atoms with E-state index < -0.39 is 8.41 Å². The van der Waals surface area contributed by atoms with Crippen molar-refractivity contribution in [3.05, 3.63) is 0 Å². The standard InChI is InChI=1S/C9H15FN2Si/c1-13(2,10)8-9(7-12)5-3-4-6-11/h9H,3-5,8H2,1-2H3. The Bertz CT molecular complexity index is 221. The summed E-state index contributed by atoms with van der Waals surface area (Å²) >= 11 is 0. The topological polar surface area (TPSA) is 47.6 Å². The van der Waals surface area contributed by atoms with E-state index in [0.29, 0.717) is 25.3 Å². The number of rotatable bonds is 5. The predicted octanol–water partition coefficient (Wildman–Crippen LogP) is 2.99. The molecule has 1 unspecified atom stereocenters. The summed E-state index contributed by atoms with van der Waals surface area (Å²) in [5.74, 6) is -0.194. The zero-order chi connectivity index (χ0) is 10.3. The van der Waals surface area contributed by atoms with Gasteiger partial charge in [-0.3, -0.25) is 0 Å². The van der Waals surface area contributed by atoms with Gasteiger partial charge < -0.3 is 4.11 Å². The minimum Gasteiger partial charge on any atom is -0.314 e. The van der Waals surface area contributed by atoms with Gasteiger partial charge in [-0.05, 0) is 32.0 Å². The maximum atomic E-state index is 13.3. The Labute approximate surface area is 80.2 Å². The lowest BCUT2D eigenvalue weighted by molar-refractivity contribution is 0.599. The molecule has 13 heavy (non-hydrogen) atoms. The Kier molecular flexibility index (Phi) is 5.33. The largest absolute Gasteiger partial charge is 0.314 e. The van der Waals surface area contributed by atoms with Crippen molar-refractivity contribution in [2.24, 2.45) is 5.92 Å². The molecule has 0 aromatic heterocycles. The number of unbranched alkanes of at least 4 members (excludes halogenated alkanes) is 1. The van der Waals surface area contributed by atoms with Gasteiger partial charge in [0.1, 0.15) is 0 Å². The van der Waals surface area contributed by atoms with Crippen molar-refractivity contribution in [3.63, 3.8) is 0 Å². The number of nitrogens with zero attached hydrogens (tertiary/aromatic N) is 2. The predicted molar refractivity (Wildman–Crippen MR) is 52.0 cm³/mol. The summed E-state index contributed by atoms with van der Waals surface area (Å²) in [5, 5.41) is 17.0. The minimum atomic E-state index is -2.61. The number of hydrogen-bond acceptors (Lipinski definition) is 2. The van der Waals surface area contributed by atoms with E-state index in [2.05, 4.69) is 6.07 Å². The molecule has 0 N–H and O–H groups in total. The van der Waals surface area contributed by atoms with Gasteiger partial charge in [0, 0.05) is 12.3 Å². The second-order valence-corrected chi connectivity index (χ2v) is 7.64. The van der Waals surface area contributed by atoms with Gasteiger partial charge in [0.2, 0.25) is 8.41 Å². The fourth-order valence-electron chi connectivity index (χ4n) is 1.23. The maximum absolute atomic E-state index is 13.3. The lowest BCUT2D eigenvalue weighted by Gasteiger charge is -2.14. The third kappa shape index (κ3) is 7.49. The van der Waals surface area contributed by atoms with Crippen molar-refractivity contribution in [2.75, 3.05) is 0 Å². The fraction of sp³-hybridized carbons (Fsp3) is 0.778. The summed E-state index contributed by atoms with van der Waals surface area (Å²) in [7, 11) is -2.61. The summed E-state index contributed by atoms with van der Waals surface area (Å²) in [6.45, 7) is 3.23. The highest BCUT2D eigenvalue weighted by Crippen LogP contribution is 2.21. The Morgan fingerprint density at radius 2 is 2.00 bits per heavy atom. The molecule has 0 aromatic rings. The maximum Gasteiger partial charge on any atom is 0.242 e. The molecule has 1 atom stereocenters. The van der Waals surface area contributed by atoms with Crippen LogP contribution in [0.25, 0.3) is 0 Å². The fourth-order valence-corrected chi connectivity index (χ4v) is 2.69. The van der Waals surface area contributed by atoms with Crippen LogP contribution in [0.2, 0.25) is 19.1 Å². The first-order chi connectivity index (χ1) is 5.99. The van der Waals surface area contributed by atoms with Crippen LogP contribution in [-0.4, -0.2) is 8.41 Å². The third-order valence-corrected chi connectivity index (χ3v) is 3.22. The van der Waals surface area contributed by atoms with Crippen molar-refractivity contribution in [1.82, 2.24) is 0 Å². The molecule has 0 rings (SSSR count). The second-order valence-electron chi connectivity index (χ2n) is 3.80. The van der Waals surface area contributed by atoms with E-state index in [-0.39, 0.29) is 5.92 Å². The van der Waals surface area contributed by atoms with Gasteiger partial charge >= 0.3 is 0 Å². The summed E-state index contributed by atoms with van der Waals surface area (Å²) in [4.78, 5) is 0. The first-order valence-electron chi connectivity index (χ1n) is 4.45. The van der Waals surface area contributed by atoms with E-state index in [1.165, 1.54) is 0 Å². The molecule has 0 aromatic carbocycles. The molecule has 2 nitrogen and oxygen atoms in total. The van der Waals surface area contributed by atoms with Gasteiger partial charge in [0.25, 0.3) is 0 Å². The first-order valence-corrected chi connectivity index (χ1v) is 7.53. The normalized spacial score (nSPS) is 13.0. The van der Waals surface area contributed by atoms with Crippen LogP contribution in [0.15, 0.2) is 0 Å². The van der Waals surface area contributed by atoms with Crippen LogP contribution in [0.5, 0.6) is 0 Å². The molecule has 0 amide bonds. The van der Waals surface area contributed by atoms with E-state index in [1.807, 2.05) is 6.07 Å². The van der Waals surface area contributed by atoms with E-state index >= 15 is 0 Å². The molecule has 0 fully saturated rings. The first kappa shape index (κ1) is 12.1. The summed E-state index contributed by atoms with van der Waals surface area (Å²) in [5.41, 5.74) is 0. The number of hydrogen-bond donors (Lipinski definition) is 0. The van der Waals surface area contributed by atoms with E-state index in [0.717, 1.165) is 0 Å². The zero-order valence-corrected chi connectivity index (χ0v) is 9.18. The Balaban J connectivity index is 3.80. The van der Waals surface area contributed by atoms with Crippen LogP contribution in [0.3, 0.4) is 0 Å². The average molecular weight is 198 g/mol. The van der Waals surface area contributed by atoms with Crippen molar-refractivity contribution < 1.29 is 4.11 Å². The van der Waals surface area contributed by atoms with E-state index in [9.17, 15) is 4.11 Å². The monoisotopic (exact) mass is 198 g/mol. The molecular weight excluding hydrogens is 183 g/mol. The number of nitriles is 2. The quantitative estimate of drug-likeness (QED) is 0.387. The molecule has 0 aliphatic rings. The van der Waals surface area contributed by atoms with Crippen LogP contribution in [0, 0.1) is 28.6 Å². The third-order valence-electron chi connectivity index (χ3n) is 1.76. The molecule has 0 bridgehead atoms. The highest BCUT2D eigenvalue weighted by Gasteiger charge is 2.25. The average Bonchev–Trinajstić information content (AvgIpc) is 2.01. The van der Waals surface area contributed by atoms with Crippen molar-refractivity contribution in [2.45, 2.75) is 38.4 Å². The SMILES string of the molecule is C[Si](C)(F)CC(C#N)CCCC#N. The Morgan fingerprint density at radius 3 is 2.38 bits per heavy atom. The van der Waals surface area contributed by atoms with Crippen LogP contribution >= 0.6 is 0 Å². The smallest absolute Gasteiger partial charge is 0.242 e. The van der Waals surface area contributed by atoms with Gasteiger partial charge in [-0.2, -0.15) is 10.5 Å². The number of halogens is 1. The molecule has 0 radical (unpaired) electrons. The van der Waals surface area contributed by atoms with Crippen molar-refractivity contribution >= 4 is 8.41 Å². The molecule has 0 saturated heterocycles. The molecule has 4 heteroatoms. The highest BCUT2D eigenvalue weighted by molar-refractivity contribution is 6.70. The lowest BCUT2D eigenvalue weighted by atomic mass is 10.1. The van der Waals surface area contributed by atoms with Crippen LogP contribution in [-0.2, 0) is 0 Å². The van der Waals surface area contributed by atoms with Gasteiger partial charge in [-0.15, -0.1) is 0 Å². The second kappa shape index (κ2) is 5.72. The Hall–Kier alpha value is -0.873. The minimum absolute atomic E-state index is 0.194. The van der Waals surface area contributed by atoms with Crippen LogP contribution in [0.1, 0.15) is 19.3 Å². The van der Waals surface area contributed by atoms with Crippen molar-refractivity contribution in [1.29, 1.82) is 10.5 Å². The van der Waals surface area contributed by atoms with Gasteiger partial charge in [0.05, 0.1) is 12.1 Å².